The summed E-state index contributed by atoms with van der Waals surface area (Å²) in [5, 5.41) is 6.48. The molecule has 0 saturated carbocycles. The first-order valence-electron chi connectivity index (χ1n) is 6.58. The molecule has 0 spiro atoms. The minimum Gasteiger partial charge on any atom is -0.377 e. The second-order valence-electron chi connectivity index (χ2n) is 4.47. The average molecular weight is 260 g/mol. The first-order chi connectivity index (χ1) is 9.22. The van der Waals surface area contributed by atoms with Crippen LogP contribution in [-0.2, 0) is 0 Å². The van der Waals surface area contributed by atoms with E-state index in [0.717, 1.165) is 24.6 Å². The molecule has 5 heteroatoms. The van der Waals surface area contributed by atoms with Gasteiger partial charge in [0.2, 0.25) is 0 Å². The predicted molar refractivity (Wildman–Crippen MR) is 77.9 cm³/mol. The second-order valence-corrected chi connectivity index (χ2v) is 4.47. The van der Waals surface area contributed by atoms with E-state index in [-0.39, 0.29) is 5.91 Å². The minimum absolute atomic E-state index is 0.0342. The van der Waals surface area contributed by atoms with Crippen LogP contribution in [0.5, 0.6) is 0 Å². The van der Waals surface area contributed by atoms with Crippen LogP contribution >= 0.6 is 0 Å². The zero-order valence-corrected chi connectivity index (χ0v) is 11.4. The lowest BCUT2D eigenvalue weighted by Gasteiger charge is -2.17. The molecular formula is C14H20N4O. The number of hydrogen-bond donors (Lipinski definition) is 2. The standard InChI is InChI=1S/C14H20N4O/c1-3-18(2)14(19)11-6-4-5-7-12(11)17-10-13-15-8-9-16-13/h4-7,17H,3,8-10H2,1-2H3,(H,15,16). The summed E-state index contributed by atoms with van der Waals surface area (Å²) in [6.07, 6.45) is 0. The van der Waals surface area contributed by atoms with Gasteiger partial charge in [-0.15, -0.1) is 0 Å². The van der Waals surface area contributed by atoms with E-state index in [4.69, 9.17) is 0 Å². The van der Waals surface area contributed by atoms with E-state index >= 15 is 0 Å². The first-order valence-corrected chi connectivity index (χ1v) is 6.58. The number of nitrogens with one attached hydrogen (secondary N) is 2. The number of benzene rings is 1. The molecule has 0 bridgehead atoms. The second kappa shape index (κ2) is 6.22. The Morgan fingerprint density at radius 1 is 1.47 bits per heavy atom. The van der Waals surface area contributed by atoms with Crippen molar-refractivity contribution in [2.45, 2.75) is 6.92 Å². The molecule has 0 unspecified atom stereocenters. The van der Waals surface area contributed by atoms with Gasteiger partial charge in [0, 0.05) is 25.8 Å². The molecule has 1 aromatic carbocycles. The molecule has 102 valence electrons. The Labute approximate surface area is 113 Å². The number of hydrogen-bond acceptors (Lipinski definition) is 4. The summed E-state index contributed by atoms with van der Waals surface area (Å²) in [5.74, 6) is 0.984. The molecule has 1 amide bonds. The first kappa shape index (κ1) is 13.4. The third-order valence-electron chi connectivity index (χ3n) is 3.17. The topological polar surface area (TPSA) is 56.7 Å². The molecule has 1 aromatic rings. The molecule has 0 aliphatic carbocycles. The van der Waals surface area contributed by atoms with E-state index < -0.39 is 0 Å². The predicted octanol–water partition coefficient (Wildman–Crippen LogP) is 1.19. The normalized spacial score (nSPS) is 13.7. The fourth-order valence-electron chi connectivity index (χ4n) is 1.92. The maximum atomic E-state index is 12.2. The molecule has 0 fully saturated rings. The van der Waals surface area contributed by atoms with E-state index in [9.17, 15) is 4.79 Å². The van der Waals surface area contributed by atoms with Crippen molar-refractivity contribution >= 4 is 17.4 Å². The molecule has 1 aliphatic heterocycles. The summed E-state index contributed by atoms with van der Waals surface area (Å²) in [5.41, 5.74) is 1.55. The molecule has 0 saturated heterocycles. The van der Waals surface area contributed by atoms with Gasteiger partial charge >= 0.3 is 0 Å². The van der Waals surface area contributed by atoms with Gasteiger partial charge in [-0.25, -0.2) is 0 Å². The Bertz CT molecular complexity index is 484. The summed E-state index contributed by atoms with van der Waals surface area (Å²) in [4.78, 5) is 18.3. The fourth-order valence-corrected chi connectivity index (χ4v) is 1.92. The van der Waals surface area contributed by atoms with Gasteiger partial charge in [0.1, 0.15) is 5.84 Å². The van der Waals surface area contributed by atoms with E-state index in [1.165, 1.54) is 0 Å². The summed E-state index contributed by atoms with van der Waals surface area (Å²) < 4.78 is 0. The number of anilines is 1. The number of rotatable bonds is 5. The van der Waals surface area contributed by atoms with Crippen LogP contribution < -0.4 is 10.6 Å². The Morgan fingerprint density at radius 3 is 2.95 bits per heavy atom. The van der Waals surface area contributed by atoms with Crippen LogP contribution in [0.25, 0.3) is 0 Å². The maximum absolute atomic E-state index is 12.2. The largest absolute Gasteiger partial charge is 0.377 e. The van der Waals surface area contributed by atoms with Crippen LogP contribution in [0.15, 0.2) is 29.3 Å². The van der Waals surface area contributed by atoms with Crippen LogP contribution in [0.2, 0.25) is 0 Å². The third-order valence-corrected chi connectivity index (χ3v) is 3.17. The van der Waals surface area contributed by atoms with Crippen LogP contribution in [0, 0.1) is 0 Å². The maximum Gasteiger partial charge on any atom is 0.255 e. The zero-order chi connectivity index (χ0) is 13.7. The number of carbonyl (C=O) groups is 1. The number of amidine groups is 1. The van der Waals surface area contributed by atoms with Crippen molar-refractivity contribution in [3.05, 3.63) is 29.8 Å². The van der Waals surface area contributed by atoms with Gasteiger partial charge in [-0.1, -0.05) is 12.1 Å². The molecule has 2 N–H and O–H groups in total. The van der Waals surface area contributed by atoms with Crippen molar-refractivity contribution < 1.29 is 4.79 Å². The highest BCUT2D eigenvalue weighted by Crippen LogP contribution is 2.16. The molecule has 1 heterocycles. The number of para-hydroxylation sites is 1. The van der Waals surface area contributed by atoms with Gasteiger partial charge in [0.15, 0.2) is 0 Å². The molecule has 0 radical (unpaired) electrons. The fraction of sp³-hybridized carbons (Fsp3) is 0.429. The summed E-state index contributed by atoms with van der Waals surface area (Å²) in [6.45, 7) is 5.01. The number of carbonyl (C=O) groups excluding carboxylic acids is 1. The quantitative estimate of drug-likeness (QED) is 0.836. The summed E-state index contributed by atoms with van der Waals surface area (Å²) in [7, 11) is 1.81. The Kier molecular flexibility index (Phi) is 4.39. The van der Waals surface area contributed by atoms with Crippen LogP contribution in [0.1, 0.15) is 17.3 Å². The number of nitrogens with zero attached hydrogens (tertiary/aromatic N) is 2. The van der Waals surface area contributed by atoms with Gasteiger partial charge in [-0.05, 0) is 19.1 Å². The highest BCUT2D eigenvalue weighted by atomic mass is 16.2. The molecule has 1 aliphatic rings. The SMILES string of the molecule is CCN(C)C(=O)c1ccccc1NCC1=NCCN1. The van der Waals surface area contributed by atoms with Crippen molar-refractivity contribution in [2.75, 3.05) is 38.5 Å². The molecule has 2 rings (SSSR count). The lowest BCUT2D eigenvalue weighted by Crippen LogP contribution is -2.29. The lowest BCUT2D eigenvalue weighted by atomic mass is 10.1. The summed E-state index contributed by atoms with van der Waals surface area (Å²) >= 11 is 0. The summed E-state index contributed by atoms with van der Waals surface area (Å²) in [6, 6.07) is 7.58. The van der Waals surface area contributed by atoms with Gasteiger partial charge in [-0.3, -0.25) is 9.79 Å². The third kappa shape index (κ3) is 3.24. The van der Waals surface area contributed by atoms with Gasteiger partial charge < -0.3 is 15.5 Å². The van der Waals surface area contributed by atoms with Crippen molar-refractivity contribution in [2.24, 2.45) is 4.99 Å². The Hall–Kier alpha value is -2.04. The van der Waals surface area contributed by atoms with Gasteiger partial charge in [0.25, 0.3) is 5.91 Å². The van der Waals surface area contributed by atoms with E-state index in [1.54, 1.807) is 4.90 Å². The molecule has 19 heavy (non-hydrogen) atoms. The van der Waals surface area contributed by atoms with Crippen molar-refractivity contribution in [3.8, 4) is 0 Å². The van der Waals surface area contributed by atoms with E-state index in [1.807, 2.05) is 38.2 Å². The van der Waals surface area contributed by atoms with Crippen LogP contribution in [0.4, 0.5) is 5.69 Å². The lowest BCUT2D eigenvalue weighted by molar-refractivity contribution is 0.0803. The number of amides is 1. The highest BCUT2D eigenvalue weighted by molar-refractivity contribution is 6.00. The molecule has 5 nitrogen and oxygen atoms in total. The molecule has 0 aromatic heterocycles. The minimum atomic E-state index is 0.0342. The van der Waals surface area contributed by atoms with Crippen LogP contribution in [0.3, 0.4) is 0 Å². The van der Waals surface area contributed by atoms with Crippen LogP contribution in [-0.4, -0.2) is 49.9 Å². The van der Waals surface area contributed by atoms with E-state index in [0.29, 0.717) is 18.7 Å². The monoisotopic (exact) mass is 260 g/mol. The molecule has 0 atom stereocenters. The van der Waals surface area contributed by atoms with Gasteiger partial charge in [0.05, 0.1) is 18.7 Å². The van der Waals surface area contributed by atoms with Crippen molar-refractivity contribution in [3.63, 3.8) is 0 Å². The van der Waals surface area contributed by atoms with E-state index in [2.05, 4.69) is 15.6 Å². The Balaban J connectivity index is 2.09. The van der Waals surface area contributed by atoms with Gasteiger partial charge in [-0.2, -0.15) is 0 Å². The zero-order valence-electron chi connectivity index (χ0n) is 11.4. The smallest absolute Gasteiger partial charge is 0.255 e. The van der Waals surface area contributed by atoms with Crippen molar-refractivity contribution in [1.29, 1.82) is 0 Å². The Morgan fingerprint density at radius 2 is 2.26 bits per heavy atom. The molecular weight excluding hydrogens is 240 g/mol. The van der Waals surface area contributed by atoms with Crippen molar-refractivity contribution in [1.82, 2.24) is 10.2 Å². The number of aliphatic imine (C=N–C) groups is 1. The average Bonchev–Trinajstić information content (AvgIpc) is 2.97. The highest BCUT2D eigenvalue weighted by Gasteiger charge is 2.14.